The van der Waals surface area contributed by atoms with Gasteiger partial charge in [-0.15, -0.1) is 0 Å². The minimum atomic E-state index is -0.570. The Hall–Kier alpha value is -2.86. The van der Waals surface area contributed by atoms with Gasteiger partial charge in [-0.05, 0) is 73.7 Å². The smallest absolute Gasteiger partial charge is 0.253 e. The maximum Gasteiger partial charge on any atom is 0.253 e. The monoisotopic (exact) mass is 551 g/mol. The predicted molar refractivity (Wildman–Crippen MR) is 156 cm³/mol. The van der Waals surface area contributed by atoms with Crippen molar-refractivity contribution in [2.75, 3.05) is 25.0 Å². The number of Topliss-reactive ketones (excluding diaryl/α,β-unsaturated/α-hetero) is 1. The lowest BCUT2D eigenvalue weighted by atomic mass is 9.69. The van der Waals surface area contributed by atoms with E-state index < -0.39 is 5.41 Å². The summed E-state index contributed by atoms with van der Waals surface area (Å²) in [6, 6.07) is 23.2. The summed E-state index contributed by atoms with van der Waals surface area (Å²) < 4.78 is 0. The molecule has 3 atom stereocenters. The number of hydrogen-bond donors (Lipinski definition) is 1. The van der Waals surface area contributed by atoms with Crippen LogP contribution in [0, 0.1) is 0 Å². The number of carbonyl (C=O) groups excluding carboxylic acids is 2. The highest BCUT2D eigenvalue weighted by molar-refractivity contribution is 6.42. The molecule has 0 aliphatic carbocycles. The third-order valence-corrected chi connectivity index (χ3v) is 8.67. The lowest BCUT2D eigenvalue weighted by molar-refractivity contribution is -0.123. The number of likely N-dealkylation sites (N-methyl/N-ethyl adjacent to an activating group) is 1. The molecule has 1 amide bonds. The number of anilines is 1. The van der Waals surface area contributed by atoms with Crippen LogP contribution >= 0.6 is 23.2 Å². The van der Waals surface area contributed by atoms with Crippen molar-refractivity contribution in [3.8, 4) is 0 Å². The molecule has 0 spiro atoms. The molecule has 200 valence electrons. The van der Waals surface area contributed by atoms with E-state index in [1.165, 1.54) is 0 Å². The number of hydrogen-bond acceptors (Lipinski definition) is 4. The molecular weight excluding hydrogens is 517 g/mol. The first-order valence-corrected chi connectivity index (χ1v) is 13.8. The van der Waals surface area contributed by atoms with Gasteiger partial charge in [-0.3, -0.25) is 9.59 Å². The number of rotatable bonds is 8. The summed E-state index contributed by atoms with van der Waals surface area (Å²) in [5.41, 5.74) is 9.72. The second-order valence-electron chi connectivity index (χ2n) is 10.2. The van der Waals surface area contributed by atoms with Crippen LogP contribution in [0.5, 0.6) is 0 Å². The maximum absolute atomic E-state index is 13.2. The van der Waals surface area contributed by atoms with Crippen LogP contribution in [0.15, 0.2) is 72.8 Å². The lowest BCUT2D eigenvalue weighted by Gasteiger charge is -2.45. The van der Waals surface area contributed by atoms with Gasteiger partial charge in [0.1, 0.15) is 5.78 Å². The molecule has 0 aromatic heterocycles. The summed E-state index contributed by atoms with van der Waals surface area (Å²) in [5, 5.41) is 1.04. The average molecular weight is 553 g/mol. The molecule has 4 rings (SSSR count). The predicted octanol–water partition coefficient (Wildman–Crippen LogP) is 6.67. The fourth-order valence-electron chi connectivity index (χ4n) is 5.58. The van der Waals surface area contributed by atoms with Crippen LogP contribution in [0.3, 0.4) is 0 Å². The Kier molecular flexibility index (Phi) is 8.81. The first-order chi connectivity index (χ1) is 18.2. The minimum absolute atomic E-state index is 0.0438. The zero-order valence-electron chi connectivity index (χ0n) is 22.2. The van der Waals surface area contributed by atoms with Gasteiger partial charge in [-0.1, -0.05) is 66.5 Å². The van der Waals surface area contributed by atoms with E-state index in [1.807, 2.05) is 73.8 Å². The zero-order valence-corrected chi connectivity index (χ0v) is 23.7. The Bertz CT molecular complexity index is 1280. The lowest BCUT2D eigenvalue weighted by Crippen LogP contribution is -2.55. The molecule has 3 aromatic carbocycles. The highest BCUT2D eigenvalue weighted by Gasteiger charge is 2.43. The molecule has 1 aliphatic heterocycles. The van der Waals surface area contributed by atoms with Crippen LogP contribution in [-0.4, -0.2) is 42.9 Å². The molecule has 7 heteroatoms. The van der Waals surface area contributed by atoms with Crippen LogP contribution in [0.4, 0.5) is 5.69 Å². The largest absolute Gasteiger partial charge is 0.356 e. The van der Waals surface area contributed by atoms with E-state index in [0.29, 0.717) is 41.5 Å². The number of benzene rings is 3. The number of piperidine rings is 1. The van der Waals surface area contributed by atoms with Gasteiger partial charge in [0.2, 0.25) is 0 Å². The summed E-state index contributed by atoms with van der Waals surface area (Å²) in [7, 11) is 1.82. The molecule has 5 nitrogen and oxygen atoms in total. The van der Waals surface area contributed by atoms with Crippen LogP contribution in [0.1, 0.15) is 60.5 Å². The Morgan fingerprint density at radius 3 is 2.32 bits per heavy atom. The molecule has 1 aliphatic rings. The third-order valence-electron chi connectivity index (χ3n) is 7.93. The molecule has 0 radical (unpaired) electrons. The summed E-state index contributed by atoms with van der Waals surface area (Å²) in [6.45, 7) is 4.99. The van der Waals surface area contributed by atoms with Crippen LogP contribution < -0.4 is 10.6 Å². The van der Waals surface area contributed by atoms with Crippen molar-refractivity contribution in [1.29, 1.82) is 0 Å². The molecular formula is C31H35Cl2N3O2. The van der Waals surface area contributed by atoms with E-state index in [-0.39, 0.29) is 23.8 Å². The number of carbonyl (C=O) groups is 2. The Labute approximate surface area is 235 Å². The molecule has 3 aromatic rings. The summed E-state index contributed by atoms with van der Waals surface area (Å²) in [6.07, 6.45) is 1.79. The molecule has 2 N–H and O–H groups in total. The van der Waals surface area contributed by atoms with Gasteiger partial charge in [0.05, 0.1) is 21.6 Å². The van der Waals surface area contributed by atoms with Crippen molar-refractivity contribution < 1.29 is 9.59 Å². The standard InChI is InChI=1S/C31H35Cl2N3O2/c1-4-22(24-12-15-27(32)28(33)18-24)20-35(3)30(38)23-10-13-26(14-11-23)36-17-16-31(21(2)37,19-29(36)34)25-8-6-5-7-9-25/h5-15,18,22,29H,4,16-17,19-20,34H2,1-3H3. The SMILES string of the molecule is CCC(CN(C)C(=O)c1ccc(N2CCC(C(C)=O)(c3ccccc3)CC2N)cc1)c1ccc(Cl)c(Cl)c1. The normalized spacial score (nSPS) is 20.2. The molecule has 1 saturated heterocycles. The van der Waals surface area contributed by atoms with Crippen molar-refractivity contribution in [1.82, 2.24) is 4.90 Å². The highest BCUT2D eigenvalue weighted by Crippen LogP contribution is 2.39. The fourth-order valence-corrected chi connectivity index (χ4v) is 5.88. The van der Waals surface area contributed by atoms with E-state index >= 15 is 0 Å². The third kappa shape index (κ3) is 5.75. The van der Waals surface area contributed by atoms with Crippen LogP contribution in [0.25, 0.3) is 0 Å². The van der Waals surface area contributed by atoms with Gasteiger partial charge in [0.25, 0.3) is 5.91 Å². The van der Waals surface area contributed by atoms with Gasteiger partial charge >= 0.3 is 0 Å². The first kappa shape index (κ1) is 28.2. The van der Waals surface area contributed by atoms with Crippen molar-refractivity contribution in [2.24, 2.45) is 5.73 Å². The van der Waals surface area contributed by atoms with Crippen LogP contribution in [-0.2, 0) is 10.2 Å². The number of amides is 1. The molecule has 0 saturated carbocycles. The van der Waals surface area contributed by atoms with E-state index in [9.17, 15) is 9.59 Å². The van der Waals surface area contributed by atoms with E-state index in [4.69, 9.17) is 28.9 Å². The van der Waals surface area contributed by atoms with Crippen molar-refractivity contribution in [2.45, 2.75) is 50.6 Å². The van der Waals surface area contributed by atoms with Gasteiger partial charge < -0.3 is 15.5 Å². The van der Waals surface area contributed by atoms with E-state index in [1.54, 1.807) is 17.9 Å². The Morgan fingerprint density at radius 1 is 1.05 bits per heavy atom. The number of ketones is 1. The average Bonchev–Trinajstić information content (AvgIpc) is 2.93. The van der Waals surface area contributed by atoms with E-state index in [2.05, 4.69) is 11.8 Å². The van der Waals surface area contributed by atoms with Crippen LogP contribution in [0.2, 0.25) is 10.0 Å². The summed E-state index contributed by atoms with van der Waals surface area (Å²) in [4.78, 5) is 29.9. The Balaban J connectivity index is 1.44. The fraction of sp³-hybridized carbons (Fsp3) is 0.355. The minimum Gasteiger partial charge on any atom is -0.356 e. The molecule has 3 unspecified atom stereocenters. The second-order valence-corrected chi connectivity index (χ2v) is 11.0. The van der Waals surface area contributed by atoms with Crippen molar-refractivity contribution in [3.63, 3.8) is 0 Å². The molecule has 1 fully saturated rings. The summed E-state index contributed by atoms with van der Waals surface area (Å²) >= 11 is 12.3. The van der Waals surface area contributed by atoms with Crippen molar-refractivity contribution >= 4 is 40.6 Å². The Morgan fingerprint density at radius 2 is 1.74 bits per heavy atom. The first-order valence-electron chi connectivity index (χ1n) is 13.1. The number of halogens is 2. The second kappa shape index (κ2) is 11.9. The maximum atomic E-state index is 13.2. The van der Waals surface area contributed by atoms with E-state index in [0.717, 1.165) is 23.2 Å². The zero-order chi connectivity index (χ0) is 27.4. The quantitative estimate of drug-likeness (QED) is 0.339. The topological polar surface area (TPSA) is 66.6 Å². The summed E-state index contributed by atoms with van der Waals surface area (Å²) in [5.74, 6) is 0.252. The molecule has 1 heterocycles. The van der Waals surface area contributed by atoms with Gasteiger partial charge in [0.15, 0.2) is 0 Å². The van der Waals surface area contributed by atoms with Gasteiger partial charge in [-0.25, -0.2) is 0 Å². The van der Waals surface area contributed by atoms with Gasteiger partial charge in [-0.2, -0.15) is 0 Å². The number of nitrogens with two attached hydrogens (primary N) is 1. The van der Waals surface area contributed by atoms with Crippen molar-refractivity contribution in [3.05, 3.63) is 99.5 Å². The molecule has 38 heavy (non-hydrogen) atoms. The highest BCUT2D eigenvalue weighted by atomic mass is 35.5. The number of nitrogens with zero attached hydrogens (tertiary/aromatic N) is 2. The van der Waals surface area contributed by atoms with Gasteiger partial charge in [0, 0.05) is 37.3 Å². The molecule has 0 bridgehead atoms.